The van der Waals surface area contributed by atoms with Crippen molar-refractivity contribution in [3.63, 3.8) is 0 Å². The molecule has 0 unspecified atom stereocenters. The van der Waals surface area contributed by atoms with Gasteiger partial charge in [-0.15, -0.1) is 0 Å². The molecule has 0 aliphatic carbocycles. The van der Waals surface area contributed by atoms with E-state index in [0.717, 1.165) is 4.57 Å². The lowest BCUT2D eigenvalue weighted by atomic mass is 10.3. The number of nitrogens with zero attached hydrogens (tertiary/aromatic N) is 6. The van der Waals surface area contributed by atoms with E-state index in [0.29, 0.717) is 0 Å². The van der Waals surface area contributed by atoms with Crippen molar-refractivity contribution in [3.8, 4) is 0 Å². The Balaban J connectivity index is 3.52. The Morgan fingerprint density at radius 3 is 2.38 bits per heavy atom. The van der Waals surface area contributed by atoms with Gasteiger partial charge in [0.1, 0.15) is 0 Å². The maximum atomic E-state index is 12.1. The molecule has 21 heavy (non-hydrogen) atoms. The van der Waals surface area contributed by atoms with Crippen LogP contribution >= 0.6 is 0 Å². The molecular formula is C12H18N6O3. The molecule has 1 aromatic rings. The summed E-state index contributed by atoms with van der Waals surface area (Å²) in [5.74, 6) is 0.0951. The predicted octanol–water partition coefficient (Wildman–Crippen LogP) is 0.442. The number of nitro groups is 1. The topological polar surface area (TPSA) is 96.9 Å². The van der Waals surface area contributed by atoms with Crippen LogP contribution in [-0.2, 0) is 7.05 Å². The van der Waals surface area contributed by atoms with E-state index in [-0.39, 0.29) is 11.6 Å². The summed E-state index contributed by atoms with van der Waals surface area (Å²) < 4.78 is 1.05. The highest BCUT2D eigenvalue weighted by Crippen LogP contribution is 2.16. The van der Waals surface area contributed by atoms with Gasteiger partial charge in [0.25, 0.3) is 0 Å². The Kier molecular flexibility index (Phi) is 5.17. The molecule has 114 valence electrons. The lowest BCUT2D eigenvalue weighted by molar-refractivity contribution is -0.387. The van der Waals surface area contributed by atoms with Gasteiger partial charge in [-0.25, -0.2) is 9.98 Å². The molecule has 9 nitrogen and oxygen atoms in total. The molecule has 1 rings (SSSR count). The first-order valence-corrected chi connectivity index (χ1v) is 6.04. The third-order valence-corrected chi connectivity index (χ3v) is 2.39. The highest BCUT2D eigenvalue weighted by Gasteiger charge is 2.22. The fraction of sp³-hybridized carbons (Fsp3) is 0.417. The van der Waals surface area contributed by atoms with E-state index in [4.69, 9.17) is 0 Å². The van der Waals surface area contributed by atoms with Gasteiger partial charge < -0.3 is 9.80 Å². The molecule has 0 aliphatic heterocycles. The number of hydrogen-bond acceptors (Lipinski definition) is 6. The van der Waals surface area contributed by atoms with E-state index in [1.54, 1.807) is 44.2 Å². The quantitative estimate of drug-likeness (QED) is 0.338. The van der Waals surface area contributed by atoms with E-state index in [1.165, 1.54) is 19.5 Å². The molecular weight excluding hydrogens is 276 g/mol. The van der Waals surface area contributed by atoms with Crippen molar-refractivity contribution in [2.45, 2.75) is 0 Å². The summed E-state index contributed by atoms with van der Waals surface area (Å²) in [7, 11) is 8.44. The van der Waals surface area contributed by atoms with Gasteiger partial charge in [0.05, 0.1) is 11.3 Å². The highest BCUT2D eigenvalue weighted by atomic mass is 16.6. The first-order chi connectivity index (χ1) is 9.73. The van der Waals surface area contributed by atoms with E-state index in [9.17, 15) is 14.9 Å². The molecule has 0 spiro atoms. The van der Waals surface area contributed by atoms with Crippen molar-refractivity contribution in [2.24, 2.45) is 12.0 Å². The number of aromatic nitrogens is 2. The van der Waals surface area contributed by atoms with Gasteiger partial charge in [-0.1, -0.05) is 0 Å². The fourth-order valence-corrected chi connectivity index (χ4v) is 1.38. The van der Waals surface area contributed by atoms with Gasteiger partial charge in [-0.3, -0.25) is 19.5 Å². The minimum Gasteiger partial charge on any atom is -0.383 e. The number of rotatable bonds is 5. The van der Waals surface area contributed by atoms with Crippen LogP contribution in [0.1, 0.15) is 5.69 Å². The first kappa shape index (κ1) is 16.3. The Morgan fingerprint density at radius 1 is 1.29 bits per heavy atom. The molecule has 0 saturated carbocycles. The molecule has 0 atom stereocenters. The smallest absolute Gasteiger partial charge is 0.359 e. The van der Waals surface area contributed by atoms with E-state index in [2.05, 4.69) is 9.98 Å². The SMILES string of the molecule is CN(C)C=Cc1nc(N=CN(C)C)n(C)c(=O)c1[N+](=O)[O-]. The zero-order chi connectivity index (χ0) is 16.2. The van der Waals surface area contributed by atoms with E-state index in [1.807, 2.05) is 0 Å². The number of aliphatic imine (C=N–C) groups is 1. The largest absolute Gasteiger partial charge is 0.383 e. The Morgan fingerprint density at radius 2 is 1.90 bits per heavy atom. The van der Waals surface area contributed by atoms with Crippen LogP contribution in [0.25, 0.3) is 6.08 Å². The lowest BCUT2D eigenvalue weighted by Gasteiger charge is -2.07. The third kappa shape index (κ3) is 4.13. The molecule has 0 N–H and O–H groups in total. The summed E-state index contributed by atoms with van der Waals surface area (Å²) in [6, 6.07) is 0. The van der Waals surface area contributed by atoms with Crippen molar-refractivity contribution >= 4 is 24.1 Å². The monoisotopic (exact) mass is 294 g/mol. The van der Waals surface area contributed by atoms with Gasteiger partial charge in [-0.2, -0.15) is 0 Å². The molecule has 0 bridgehead atoms. The lowest BCUT2D eigenvalue weighted by Crippen LogP contribution is -2.23. The maximum Gasteiger partial charge on any atom is 0.359 e. The van der Waals surface area contributed by atoms with Crippen LogP contribution < -0.4 is 5.56 Å². The van der Waals surface area contributed by atoms with Crippen molar-refractivity contribution in [1.29, 1.82) is 0 Å². The Labute approximate surface area is 122 Å². The summed E-state index contributed by atoms with van der Waals surface area (Å²) >= 11 is 0. The van der Waals surface area contributed by atoms with Gasteiger partial charge in [0.15, 0.2) is 5.69 Å². The second kappa shape index (κ2) is 6.64. The predicted molar refractivity (Wildman–Crippen MR) is 80.7 cm³/mol. The molecule has 0 radical (unpaired) electrons. The molecule has 1 heterocycles. The minimum atomic E-state index is -0.751. The summed E-state index contributed by atoms with van der Waals surface area (Å²) in [5, 5.41) is 11.1. The summed E-state index contributed by atoms with van der Waals surface area (Å²) in [5.41, 5.74) is -1.35. The molecule has 0 aliphatic rings. The van der Waals surface area contributed by atoms with Gasteiger partial charge >= 0.3 is 11.2 Å². The third-order valence-electron chi connectivity index (χ3n) is 2.39. The number of hydrogen-bond donors (Lipinski definition) is 0. The van der Waals surface area contributed by atoms with E-state index < -0.39 is 16.2 Å². The molecule has 0 aromatic carbocycles. The van der Waals surface area contributed by atoms with Crippen LogP contribution in [0, 0.1) is 10.1 Å². The van der Waals surface area contributed by atoms with Crippen molar-refractivity contribution in [2.75, 3.05) is 28.2 Å². The average Bonchev–Trinajstić information content (AvgIpc) is 2.37. The highest BCUT2D eigenvalue weighted by molar-refractivity contribution is 5.61. The summed E-state index contributed by atoms with van der Waals surface area (Å²) in [4.78, 5) is 33.9. The van der Waals surface area contributed by atoms with Crippen molar-refractivity contribution < 1.29 is 4.92 Å². The molecule has 1 aromatic heterocycles. The fourth-order valence-electron chi connectivity index (χ4n) is 1.38. The summed E-state index contributed by atoms with van der Waals surface area (Å²) in [6.07, 6.45) is 4.45. The Hall–Kier alpha value is -2.71. The maximum absolute atomic E-state index is 12.1. The van der Waals surface area contributed by atoms with Crippen LogP contribution in [0.3, 0.4) is 0 Å². The zero-order valence-corrected chi connectivity index (χ0v) is 12.6. The molecule has 0 fully saturated rings. The molecule has 9 heteroatoms. The van der Waals surface area contributed by atoms with Crippen LogP contribution in [0.15, 0.2) is 16.0 Å². The van der Waals surface area contributed by atoms with Gasteiger partial charge in [0.2, 0.25) is 5.95 Å². The van der Waals surface area contributed by atoms with Crippen LogP contribution in [0.4, 0.5) is 11.6 Å². The zero-order valence-electron chi connectivity index (χ0n) is 12.6. The second-order valence-corrected chi connectivity index (χ2v) is 4.75. The normalized spacial score (nSPS) is 11.3. The van der Waals surface area contributed by atoms with Crippen LogP contribution in [-0.4, -0.2) is 58.8 Å². The van der Waals surface area contributed by atoms with Crippen molar-refractivity contribution in [3.05, 3.63) is 32.4 Å². The minimum absolute atomic E-state index is 0.0253. The van der Waals surface area contributed by atoms with E-state index >= 15 is 0 Å². The Bertz CT molecular complexity index is 645. The van der Waals surface area contributed by atoms with Crippen LogP contribution in [0.2, 0.25) is 0 Å². The van der Waals surface area contributed by atoms with Gasteiger partial charge in [0, 0.05) is 41.4 Å². The van der Waals surface area contributed by atoms with Gasteiger partial charge in [-0.05, 0) is 6.08 Å². The van der Waals surface area contributed by atoms with Crippen molar-refractivity contribution in [1.82, 2.24) is 19.4 Å². The average molecular weight is 294 g/mol. The molecule has 0 saturated heterocycles. The summed E-state index contributed by atoms with van der Waals surface area (Å²) in [6.45, 7) is 0. The van der Waals surface area contributed by atoms with Crippen LogP contribution in [0.5, 0.6) is 0 Å². The molecule has 0 amide bonds. The second-order valence-electron chi connectivity index (χ2n) is 4.75. The first-order valence-electron chi connectivity index (χ1n) is 6.04. The standard InChI is InChI=1S/C12H18N6O3/c1-15(2)7-6-9-10(18(20)21)11(19)17(5)12(14-9)13-8-16(3)4/h6-8H,1-5H3.